The van der Waals surface area contributed by atoms with Gasteiger partial charge in [0.15, 0.2) is 6.29 Å². The second kappa shape index (κ2) is 6.76. The summed E-state index contributed by atoms with van der Waals surface area (Å²) in [5.41, 5.74) is 2.85. The number of hydrogen-bond acceptors (Lipinski definition) is 3. The quantitative estimate of drug-likeness (QED) is 0.782. The second-order valence-corrected chi connectivity index (χ2v) is 7.00. The second-order valence-electron chi connectivity index (χ2n) is 7.00. The highest BCUT2D eigenvalue weighted by molar-refractivity contribution is 5.32. The molecule has 0 radical (unpaired) electrons. The molecule has 2 aliphatic heterocycles. The van der Waals surface area contributed by atoms with E-state index >= 15 is 0 Å². The van der Waals surface area contributed by atoms with Crippen LogP contribution in [0.15, 0.2) is 36.4 Å². The van der Waals surface area contributed by atoms with E-state index in [4.69, 9.17) is 9.47 Å². The fourth-order valence-corrected chi connectivity index (χ4v) is 4.48. The van der Waals surface area contributed by atoms with Gasteiger partial charge in [0.2, 0.25) is 0 Å². The van der Waals surface area contributed by atoms with Crippen LogP contribution in [0.5, 0.6) is 0 Å². The summed E-state index contributed by atoms with van der Waals surface area (Å²) in [5, 5.41) is 0. The van der Waals surface area contributed by atoms with Crippen molar-refractivity contribution in [3.05, 3.63) is 47.5 Å². The maximum Gasteiger partial charge on any atom is 0.184 e. The summed E-state index contributed by atoms with van der Waals surface area (Å²) in [5.74, 6) is 0. The van der Waals surface area contributed by atoms with Crippen molar-refractivity contribution in [1.82, 2.24) is 4.90 Å². The van der Waals surface area contributed by atoms with Gasteiger partial charge in [-0.2, -0.15) is 0 Å². The largest absolute Gasteiger partial charge is 0.346 e. The number of rotatable bonds is 3. The first kappa shape index (κ1) is 15.4. The molecule has 1 saturated heterocycles. The summed E-state index contributed by atoms with van der Waals surface area (Å²) in [6, 6.07) is 9.00. The Balaban J connectivity index is 1.68. The Kier molecular flexibility index (Phi) is 4.52. The first-order valence-corrected chi connectivity index (χ1v) is 9.12. The van der Waals surface area contributed by atoms with Crippen LogP contribution < -0.4 is 0 Å². The molecule has 3 nitrogen and oxygen atoms in total. The smallest absolute Gasteiger partial charge is 0.184 e. The average molecular weight is 313 g/mol. The lowest BCUT2D eigenvalue weighted by Crippen LogP contribution is -2.49. The maximum atomic E-state index is 5.71. The van der Waals surface area contributed by atoms with Crippen molar-refractivity contribution in [2.45, 2.75) is 50.4 Å². The van der Waals surface area contributed by atoms with Crippen molar-refractivity contribution in [1.29, 1.82) is 0 Å². The molecule has 1 saturated carbocycles. The van der Waals surface area contributed by atoms with E-state index in [-0.39, 0.29) is 11.8 Å². The molecule has 1 aromatic carbocycles. The van der Waals surface area contributed by atoms with E-state index in [9.17, 15) is 0 Å². The van der Waals surface area contributed by atoms with Gasteiger partial charge < -0.3 is 9.47 Å². The molecule has 0 aromatic heterocycles. The van der Waals surface area contributed by atoms with E-state index in [0.29, 0.717) is 13.2 Å². The van der Waals surface area contributed by atoms with E-state index in [1.807, 2.05) is 0 Å². The van der Waals surface area contributed by atoms with Gasteiger partial charge in [-0.05, 0) is 30.9 Å². The number of ether oxygens (including phenoxy) is 2. The molecule has 2 fully saturated rings. The molecule has 2 heterocycles. The Bertz CT molecular complexity index is 557. The van der Waals surface area contributed by atoms with Crippen molar-refractivity contribution in [3.8, 4) is 0 Å². The van der Waals surface area contributed by atoms with Crippen LogP contribution in [0.25, 0.3) is 0 Å². The third-order valence-electron chi connectivity index (χ3n) is 5.66. The first-order chi connectivity index (χ1) is 11.4. The zero-order chi connectivity index (χ0) is 15.5. The Morgan fingerprint density at radius 1 is 1.00 bits per heavy atom. The highest BCUT2D eigenvalue weighted by Gasteiger charge is 2.39. The lowest BCUT2D eigenvalue weighted by atomic mass is 9.74. The van der Waals surface area contributed by atoms with Crippen LogP contribution >= 0.6 is 0 Å². The molecule has 3 heteroatoms. The first-order valence-electron chi connectivity index (χ1n) is 9.12. The predicted molar refractivity (Wildman–Crippen MR) is 91.2 cm³/mol. The van der Waals surface area contributed by atoms with E-state index in [2.05, 4.69) is 41.3 Å². The number of benzene rings is 1. The Morgan fingerprint density at radius 3 is 2.57 bits per heavy atom. The fraction of sp³-hybridized carbons (Fsp3) is 0.600. The minimum atomic E-state index is -0.170. The van der Waals surface area contributed by atoms with Crippen molar-refractivity contribution < 1.29 is 9.47 Å². The van der Waals surface area contributed by atoms with Crippen LogP contribution in [0.3, 0.4) is 0 Å². The van der Waals surface area contributed by atoms with Gasteiger partial charge in [-0.15, -0.1) is 0 Å². The molecule has 0 N–H and O–H groups in total. The molecule has 0 unspecified atom stereocenters. The summed E-state index contributed by atoms with van der Waals surface area (Å²) < 4.78 is 11.4. The summed E-state index contributed by atoms with van der Waals surface area (Å²) in [7, 11) is 0. The molecular formula is C20H27NO2. The van der Waals surface area contributed by atoms with Crippen LogP contribution in [0.2, 0.25) is 0 Å². The normalized spacial score (nSPS) is 25.7. The fourth-order valence-electron chi connectivity index (χ4n) is 4.48. The SMILES string of the molecule is C1=CCN(C2(c3cccc(C4OCCO4)c3)CCCCC2)CC1. The van der Waals surface area contributed by atoms with Gasteiger partial charge in [-0.3, -0.25) is 4.90 Å². The molecule has 124 valence electrons. The monoisotopic (exact) mass is 313 g/mol. The van der Waals surface area contributed by atoms with Crippen LogP contribution in [0, 0.1) is 0 Å². The molecule has 0 bridgehead atoms. The summed E-state index contributed by atoms with van der Waals surface area (Å²) in [6.45, 7) is 3.67. The van der Waals surface area contributed by atoms with Gasteiger partial charge >= 0.3 is 0 Å². The van der Waals surface area contributed by atoms with Gasteiger partial charge in [-0.1, -0.05) is 49.6 Å². The van der Waals surface area contributed by atoms with Crippen LogP contribution in [-0.2, 0) is 15.0 Å². The molecule has 23 heavy (non-hydrogen) atoms. The van der Waals surface area contributed by atoms with Crippen LogP contribution in [0.4, 0.5) is 0 Å². The van der Waals surface area contributed by atoms with E-state index in [0.717, 1.165) is 6.54 Å². The average Bonchev–Trinajstić information content (AvgIpc) is 3.18. The number of hydrogen-bond donors (Lipinski definition) is 0. The minimum Gasteiger partial charge on any atom is -0.346 e. The van der Waals surface area contributed by atoms with Gasteiger partial charge in [0, 0.05) is 24.2 Å². The van der Waals surface area contributed by atoms with Crippen molar-refractivity contribution in [3.63, 3.8) is 0 Å². The molecule has 1 aliphatic carbocycles. The molecule has 0 amide bonds. The minimum absolute atomic E-state index is 0.170. The molecule has 1 aromatic rings. The Labute approximate surface area is 139 Å². The molecule has 0 atom stereocenters. The number of nitrogens with zero attached hydrogens (tertiary/aromatic N) is 1. The molecule has 0 spiro atoms. The molecule has 3 aliphatic rings. The highest BCUT2D eigenvalue weighted by atomic mass is 16.7. The van der Waals surface area contributed by atoms with E-state index < -0.39 is 0 Å². The Morgan fingerprint density at radius 2 is 1.83 bits per heavy atom. The van der Waals surface area contributed by atoms with Crippen molar-refractivity contribution in [2.24, 2.45) is 0 Å². The predicted octanol–water partition coefficient (Wildman–Crippen LogP) is 4.15. The maximum absolute atomic E-state index is 5.71. The lowest BCUT2D eigenvalue weighted by Gasteiger charge is -2.48. The van der Waals surface area contributed by atoms with Crippen molar-refractivity contribution in [2.75, 3.05) is 26.3 Å². The lowest BCUT2D eigenvalue weighted by molar-refractivity contribution is -0.0444. The van der Waals surface area contributed by atoms with Crippen LogP contribution in [-0.4, -0.2) is 31.2 Å². The topological polar surface area (TPSA) is 21.7 Å². The summed E-state index contributed by atoms with van der Waals surface area (Å²) in [4.78, 5) is 2.71. The van der Waals surface area contributed by atoms with E-state index in [1.165, 1.54) is 56.2 Å². The van der Waals surface area contributed by atoms with Gasteiger partial charge in [0.05, 0.1) is 13.2 Å². The third-order valence-corrected chi connectivity index (χ3v) is 5.66. The molecule has 4 rings (SSSR count). The van der Waals surface area contributed by atoms with Crippen LogP contribution in [0.1, 0.15) is 55.9 Å². The van der Waals surface area contributed by atoms with Gasteiger partial charge in [0.25, 0.3) is 0 Å². The zero-order valence-electron chi connectivity index (χ0n) is 13.9. The summed E-state index contributed by atoms with van der Waals surface area (Å²) in [6.07, 6.45) is 12.3. The third kappa shape index (κ3) is 2.98. The standard InChI is InChI=1S/C20H27NO2/c1-3-10-20(11-4-1,21-12-5-2-6-13-21)18-9-7-8-17(16-18)19-22-14-15-23-19/h2,5,7-9,16,19H,1,3-4,6,10-15H2. The zero-order valence-corrected chi connectivity index (χ0v) is 13.9. The van der Waals surface area contributed by atoms with Gasteiger partial charge in [-0.25, -0.2) is 0 Å². The van der Waals surface area contributed by atoms with E-state index in [1.54, 1.807) is 0 Å². The summed E-state index contributed by atoms with van der Waals surface area (Å²) >= 11 is 0. The molecular weight excluding hydrogens is 286 g/mol. The van der Waals surface area contributed by atoms with Crippen molar-refractivity contribution >= 4 is 0 Å². The van der Waals surface area contributed by atoms with Gasteiger partial charge in [0.1, 0.15) is 0 Å². The highest BCUT2D eigenvalue weighted by Crippen LogP contribution is 2.43. The Hall–Kier alpha value is -1.16.